The van der Waals surface area contributed by atoms with E-state index in [1.54, 1.807) is 0 Å². The number of carbonyl (C=O) groups excluding carboxylic acids is 1. The first-order valence-corrected chi connectivity index (χ1v) is 5.53. The quantitative estimate of drug-likeness (QED) is 0.266. The molecule has 7 nitrogen and oxygen atoms in total. The maximum absolute atomic E-state index is 9.90. The van der Waals surface area contributed by atoms with Crippen molar-refractivity contribution in [1.29, 1.82) is 0 Å². The molecule has 0 bridgehead atoms. The number of nitrogen functional groups attached to an aromatic ring is 1. The Bertz CT molecular complexity index is 347. The minimum absolute atomic E-state index is 0.0258. The second-order valence-electron chi connectivity index (χ2n) is 3.77. The van der Waals surface area contributed by atoms with Gasteiger partial charge < -0.3 is 36.1 Å². The van der Waals surface area contributed by atoms with Crippen molar-refractivity contribution in [3.8, 4) is 0 Å². The molecule has 0 saturated heterocycles. The van der Waals surface area contributed by atoms with E-state index in [1.807, 2.05) is 30.3 Å². The van der Waals surface area contributed by atoms with E-state index in [0.29, 0.717) is 0 Å². The van der Waals surface area contributed by atoms with Crippen molar-refractivity contribution in [2.24, 2.45) is 0 Å². The Morgan fingerprint density at radius 2 is 1.58 bits per heavy atom. The van der Waals surface area contributed by atoms with Crippen molar-refractivity contribution in [2.75, 3.05) is 12.3 Å². The fraction of sp³-hybridized carbons (Fsp3) is 0.417. The molecule has 0 unspecified atom stereocenters. The number of nitrogens with two attached hydrogens (primary N) is 1. The molecule has 0 saturated carbocycles. The summed E-state index contributed by atoms with van der Waals surface area (Å²) in [5.74, 6) is 0. The number of anilines is 1. The van der Waals surface area contributed by atoms with Gasteiger partial charge in [-0.15, -0.1) is 0 Å². The van der Waals surface area contributed by atoms with Crippen LogP contribution in [0.25, 0.3) is 0 Å². The lowest BCUT2D eigenvalue weighted by atomic mass is 10.0. The molecule has 4 atom stereocenters. The molecule has 1 rings (SSSR count). The summed E-state index contributed by atoms with van der Waals surface area (Å²) in [6, 6.07) is 9.49. The SMILES string of the molecule is Nc1ccccc1.O=C[C@H](O)[C@@H](O)[C@H](O)[C@H](O)CO. The Balaban J connectivity index is 0.000000388. The van der Waals surface area contributed by atoms with Crippen LogP contribution in [0.4, 0.5) is 5.69 Å². The van der Waals surface area contributed by atoms with Crippen LogP contribution < -0.4 is 5.73 Å². The maximum atomic E-state index is 9.90. The number of aldehydes is 1. The summed E-state index contributed by atoms with van der Waals surface area (Å²) in [5.41, 5.74) is 6.18. The van der Waals surface area contributed by atoms with Gasteiger partial charge in [0.1, 0.15) is 24.4 Å². The number of hydrogen-bond acceptors (Lipinski definition) is 7. The van der Waals surface area contributed by atoms with Gasteiger partial charge in [-0.1, -0.05) is 18.2 Å². The summed E-state index contributed by atoms with van der Waals surface area (Å²) < 4.78 is 0. The Kier molecular flexibility index (Phi) is 8.68. The van der Waals surface area contributed by atoms with Gasteiger partial charge in [-0.05, 0) is 12.1 Å². The van der Waals surface area contributed by atoms with E-state index in [1.165, 1.54) is 0 Å². The lowest BCUT2D eigenvalue weighted by molar-refractivity contribution is -0.136. The Morgan fingerprint density at radius 3 is 1.89 bits per heavy atom. The minimum atomic E-state index is -1.79. The predicted octanol–water partition coefficient (Wildman–Crippen LogP) is -2.11. The highest BCUT2D eigenvalue weighted by Gasteiger charge is 2.29. The second kappa shape index (κ2) is 9.42. The zero-order valence-corrected chi connectivity index (χ0v) is 10.2. The van der Waals surface area contributed by atoms with Gasteiger partial charge in [0.2, 0.25) is 0 Å². The van der Waals surface area contributed by atoms with Gasteiger partial charge in [-0.25, -0.2) is 0 Å². The molecule has 0 radical (unpaired) electrons. The fourth-order valence-electron chi connectivity index (χ4n) is 1.07. The molecular weight excluding hydrogens is 254 g/mol. The number of aliphatic hydroxyl groups is 5. The topological polar surface area (TPSA) is 144 Å². The third kappa shape index (κ3) is 6.85. The van der Waals surface area contributed by atoms with Crippen molar-refractivity contribution in [1.82, 2.24) is 0 Å². The van der Waals surface area contributed by atoms with Crippen LogP contribution in [-0.4, -0.2) is 62.8 Å². The standard InChI is InChI=1S/C6H7N.C6H12O6/c7-6-4-2-1-3-5-6;7-1-3(9)5(11)6(12)4(10)2-8/h1-5H,7H2;1,3-6,8-12H,2H2/t;3-,4+,5+,6+/m.0/s1. The van der Waals surface area contributed by atoms with Gasteiger partial charge in [0.15, 0.2) is 6.29 Å². The van der Waals surface area contributed by atoms with Crippen molar-refractivity contribution >= 4 is 12.0 Å². The Hall–Kier alpha value is -1.51. The number of aliphatic hydroxyl groups excluding tert-OH is 5. The van der Waals surface area contributed by atoms with Gasteiger partial charge in [0.25, 0.3) is 0 Å². The Morgan fingerprint density at radius 1 is 1.05 bits per heavy atom. The summed E-state index contributed by atoms with van der Waals surface area (Å²) >= 11 is 0. The number of hydrogen-bond donors (Lipinski definition) is 6. The summed E-state index contributed by atoms with van der Waals surface area (Å²) in [6.45, 7) is -0.760. The molecule has 0 aliphatic rings. The van der Waals surface area contributed by atoms with Gasteiger partial charge in [-0.3, -0.25) is 0 Å². The Labute approximate surface area is 110 Å². The third-order valence-electron chi connectivity index (χ3n) is 2.22. The molecular formula is C12H19NO6. The molecule has 0 amide bonds. The van der Waals surface area contributed by atoms with Crippen LogP contribution in [0.2, 0.25) is 0 Å². The van der Waals surface area contributed by atoms with Crippen LogP contribution in [0.1, 0.15) is 0 Å². The summed E-state index contributed by atoms with van der Waals surface area (Å²) in [6.07, 6.45) is -6.84. The first kappa shape index (κ1) is 17.5. The molecule has 1 aromatic rings. The molecule has 0 spiro atoms. The van der Waals surface area contributed by atoms with Gasteiger partial charge >= 0.3 is 0 Å². The highest BCUT2D eigenvalue weighted by atomic mass is 16.4. The van der Waals surface area contributed by atoms with Crippen molar-refractivity contribution in [3.63, 3.8) is 0 Å². The third-order valence-corrected chi connectivity index (χ3v) is 2.22. The first-order chi connectivity index (χ1) is 8.93. The zero-order chi connectivity index (χ0) is 14.8. The summed E-state index contributed by atoms with van der Waals surface area (Å²) in [5, 5.41) is 43.5. The van der Waals surface area contributed by atoms with Crippen LogP contribution in [0.5, 0.6) is 0 Å². The molecule has 0 fully saturated rings. The van der Waals surface area contributed by atoms with Gasteiger partial charge in [0.05, 0.1) is 6.61 Å². The van der Waals surface area contributed by atoms with E-state index in [4.69, 9.17) is 31.3 Å². The van der Waals surface area contributed by atoms with Crippen LogP contribution in [0.3, 0.4) is 0 Å². The lowest BCUT2D eigenvalue weighted by Gasteiger charge is -2.22. The molecule has 0 aromatic heterocycles. The zero-order valence-electron chi connectivity index (χ0n) is 10.2. The van der Waals surface area contributed by atoms with E-state index >= 15 is 0 Å². The van der Waals surface area contributed by atoms with E-state index < -0.39 is 31.0 Å². The molecule has 0 aliphatic heterocycles. The number of carbonyl (C=O) groups is 1. The molecule has 7 heteroatoms. The highest BCUT2D eigenvalue weighted by Crippen LogP contribution is 2.02. The highest BCUT2D eigenvalue weighted by molar-refractivity contribution is 5.56. The van der Waals surface area contributed by atoms with Crippen molar-refractivity contribution in [3.05, 3.63) is 30.3 Å². The van der Waals surface area contributed by atoms with Crippen LogP contribution >= 0.6 is 0 Å². The number of benzene rings is 1. The monoisotopic (exact) mass is 273 g/mol. The molecule has 1 aromatic carbocycles. The van der Waals surface area contributed by atoms with Crippen LogP contribution in [-0.2, 0) is 4.79 Å². The van der Waals surface area contributed by atoms with Crippen molar-refractivity contribution in [2.45, 2.75) is 24.4 Å². The minimum Gasteiger partial charge on any atom is -0.399 e. The molecule has 0 heterocycles. The van der Waals surface area contributed by atoms with Crippen molar-refractivity contribution < 1.29 is 30.3 Å². The van der Waals surface area contributed by atoms with E-state index in [9.17, 15) is 4.79 Å². The van der Waals surface area contributed by atoms with Gasteiger partial charge in [-0.2, -0.15) is 0 Å². The van der Waals surface area contributed by atoms with Crippen LogP contribution in [0, 0.1) is 0 Å². The van der Waals surface area contributed by atoms with Gasteiger partial charge in [0, 0.05) is 5.69 Å². The average molecular weight is 273 g/mol. The second-order valence-corrected chi connectivity index (χ2v) is 3.77. The normalized spacial score (nSPS) is 16.5. The predicted molar refractivity (Wildman–Crippen MR) is 68.0 cm³/mol. The fourth-order valence-corrected chi connectivity index (χ4v) is 1.07. The smallest absolute Gasteiger partial charge is 0.151 e. The lowest BCUT2D eigenvalue weighted by Crippen LogP contribution is -2.46. The van der Waals surface area contributed by atoms with E-state index in [2.05, 4.69) is 0 Å². The van der Waals surface area contributed by atoms with E-state index in [0.717, 1.165) is 5.69 Å². The average Bonchev–Trinajstić information content (AvgIpc) is 2.45. The molecule has 108 valence electrons. The number of rotatable bonds is 5. The number of para-hydroxylation sites is 1. The molecule has 19 heavy (non-hydrogen) atoms. The van der Waals surface area contributed by atoms with E-state index in [-0.39, 0.29) is 6.29 Å². The summed E-state index contributed by atoms with van der Waals surface area (Å²) in [4.78, 5) is 9.90. The summed E-state index contributed by atoms with van der Waals surface area (Å²) in [7, 11) is 0. The first-order valence-electron chi connectivity index (χ1n) is 5.53. The molecule has 0 aliphatic carbocycles. The molecule has 7 N–H and O–H groups in total. The maximum Gasteiger partial charge on any atom is 0.151 e. The largest absolute Gasteiger partial charge is 0.399 e. The van der Waals surface area contributed by atoms with Crippen LogP contribution in [0.15, 0.2) is 30.3 Å².